The second-order valence-corrected chi connectivity index (χ2v) is 5.31. The molecule has 0 radical (unpaired) electrons. The Labute approximate surface area is 123 Å². The fourth-order valence-corrected chi connectivity index (χ4v) is 2.50. The Bertz CT molecular complexity index is 783. The molecule has 2 aromatic carbocycles. The van der Waals surface area contributed by atoms with Gasteiger partial charge in [0.25, 0.3) is 0 Å². The molecule has 0 aliphatic heterocycles. The van der Waals surface area contributed by atoms with Gasteiger partial charge in [-0.05, 0) is 48.7 Å². The van der Waals surface area contributed by atoms with E-state index in [0.717, 1.165) is 22.2 Å². The van der Waals surface area contributed by atoms with E-state index in [1.54, 1.807) is 12.1 Å². The number of nitrogens with two attached hydrogens (primary N) is 1. The highest BCUT2D eigenvalue weighted by Crippen LogP contribution is 2.22. The van der Waals surface area contributed by atoms with Crippen molar-refractivity contribution >= 4 is 10.9 Å². The van der Waals surface area contributed by atoms with Crippen LogP contribution in [0.1, 0.15) is 22.9 Å². The standard InChI is InChI=1S/C18H17FN2/c1-12-6-7-15-10-14(8-9-18(15)21-12)17(20)11-13-4-2-3-5-16(13)19/h2-10,17H,11,20H2,1H3. The van der Waals surface area contributed by atoms with Gasteiger partial charge in [-0.25, -0.2) is 4.39 Å². The summed E-state index contributed by atoms with van der Waals surface area (Å²) >= 11 is 0. The van der Waals surface area contributed by atoms with Crippen molar-refractivity contribution in [2.75, 3.05) is 0 Å². The van der Waals surface area contributed by atoms with Gasteiger partial charge in [-0.1, -0.05) is 30.3 Å². The monoisotopic (exact) mass is 280 g/mol. The lowest BCUT2D eigenvalue weighted by atomic mass is 9.98. The molecule has 2 nitrogen and oxygen atoms in total. The fraction of sp³-hybridized carbons (Fsp3) is 0.167. The van der Waals surface area contributed by atoms with Gasteiger partial charge in [0, 0.05) is 17.1 Å². The molecule has 0 aliphatic rings. The van der Waals surface area contributed by atoms with Gasteiger partial charge in [0.1, 0.15) is 5.82 Å². The summed E-state index contributed by atoms with van der Waals surface area (Å²) in [6.07, 6.45) is 0.484. The van der Waals surface area contributed by atoms with Gasteiger partial charge in [0.15, 0.2) is 0 Å². The third-order valence-electron chi connectivity index (χ3n) is 3.68. The molecule has 2 N–H and O–H groups in total. The first-order valence-corrected chi connectivity index (χ1v) is 7.00. The Morgan fingerprint density at radius 2 is 1.90 bits per heavy atom. The van der Waals surface area contributed by atoms with Crippen LogP contribution in [0.4, 0.5) is 4.39 Å². The number of aromatic nitrogens is 1. The van der Waals surface area contributed by atoms with Crippen LogP contribution in [0.25, 0.3) is 10.9 Å². The van der Waals surface area contributed by atoms with Gasteiger partial charge in [-0.15, -0.1) is 0 Å². The lowest BCUT2D eigenvalue weighted by Gasteiger charge is -2.13. The summed E-state index contributed by atoms with van der Waals surface area (Å²) in [6.45, 7) is 1.97. The van der Waals surface area contributed by atoms with Gasteiger partial charge in [0.2, 0.25) is 0 Å². The number of rotatable bonds is 3. The summed E-state index contributed by atoms with van der Waals surface area (Å²) in [5, 5.41) is 1.06. The van der Waals surface area contributed by atoms with Gasteiger partial charge in [0.05, 0.1) is 5.52 Å². The number of benzene rings is 2. The molecule has 1 atom stereocenters. The van der Waals surface area contributed by atoms with Gasteiger partial charge in [-0.3, -0.25) is 4.98 Å². The quantitative estimate of drug-likeness (QED) is 0.789. The highest BCUT2D eigenvalue weighted by molar-refractivity contribution is 5.79. The maximum Gasteiger partial charge on any atom is 0.126 e. The van der Waals surface area contributed by atoms with E-state index < -0.39 is 0 Å². The second kappa shape index (κ2) is 5.62. The zero-order chi connectivity index (χ0) is 14.8. The maximum absolute atomic E-state index is 13.7. The molecule has 0 saturated heterocycles. The highest BCUT2D eigenvalue weighted by Gasteiger charge is 2.11. The molecule has 3 aromatic rings. The van der Waals surface area contributed by atoms with Crippen LogP contribution in [-0.4, -0.2) is 4.98 Å². The van der Waals surface area contributed by atoms with Crippen LogP contribution in [0.3, 0.4) is 0 Å². The molecule has 0 saturated carbocycles. The zero-order valence-electron chi connectivity index (χ0n) is 11.9. The lowest BCUT2D eigenvalue weighted by molar-refractivity contribution is 0.593. The minimum absolute atomic E-state index is 0.203. The molecule has 0 amide bonds. The average molecular weight is 280 g/mol. The van der Waals surface area contributed by atoms with Crippen molar-refractivity contribution in [1.29, 1.82) is 0 Å². The normalized spacial score (nSPS) is 12.5. The van der Waals surface area contributed by atoms with E-state index >= 15 is 0 Å². The number of halogens is 1. The summed E-state index contributed by atoms with van der Waals surface area (Å²) in [5.74, 6) is -0.203. The molecule has 1 unspecified atom stereocenters. The minimum atomic E-state index is -0.229. The van der Waals surface area contributed by atoms with Crippen molar-refractivity contribution < 1.29 is 4.39 Å². The fourth-order valence-electron chi connectivity index (χ4n) is 2.50. The van der Waals surface area contributed by atoms with Crippen molar-refractivity contribution in [3.05, 3.63) is 77.2 Å². The molecule has 21 heavy (non-hydrogen) atoms. The molecule has 0 bridgehead atoms. The van der Waals surface area contributed by atoms with E-state index in [4.69, 9.17) is 5.73 Å². The Hall–Kier alpha value is -2.26. The van der Waals surface area contributed by atoms with E-state index in [1.807, 2.05) is 43.3 Å². The van der Waals surface area contributed by atoms with Crippen molar-refractivity contribution in [3.63, 3.8) is 0 Å². The number of pyridine rings is 1. The first-order chi connectivity index (χ1) is 10.1. The van der Waals surface area contributed by atoms with Crippen LogP contribution in [0.5, 0.6) is 0 Å². The van der Waals surface area contributed by atoms with Crippen molar-refractivity contribution in [3.8, 4) is 0 Å². The van der Waals surface area contributed by atoms with Crippen molar-refractivity contribution in [2.24, 2.45) is 5.73 Å². The Balaban J connectivity index is 1.89. The smallest absolute Gasteiger partial charge is 0.126 e. The van der Waals surface area contributed by atoms with Gasteiger partial charge < -0.3 is 5.73 Å². The SMILES string of the molecule is Cc1ccc2cc(C(N)Cc3ccccc3F)ccc2n1. The predicted octanol–water partition coefficient (Wildman–Crippen LogP) is 3.92. The Kier molecular flexibility index (Phi) is 3.67. The van der Waals surface area contributed by atoms with E-state index in [-0.39, 0.29) is 11.9 Å². The summed E-state index contributed by atoms with van der Waals surface area (Å²) < 4.78 is 13.7. The molecule has 3 rings (SSSR count). The molecular weight excluding hydrogens is 263 g/mol. The third-order valence-corrected chi connectivity index (χ3v) is 3.68. The minimum Gasteiger partial charge on any atom is -0.324 e. The van der Waals surface area contributed by atoms with E-state index in [2.05, 4.69) is 4.98 Å². The van der Waals surface area contributed by atoms with Crippen molar-refractivity contribution in [1.82, 2.24) is 4.98 Å². The molecule has 0 fully saturated rings. The number of nitrogens with zero attached hydrogens (tertiary/aromatic N) is 1. The average Bonchev–Trinajstić information content (AvgIpc) is 2.49. The van der Waals surface area contributed by atoms with Crippen molar-refractivity contribution in [2.45, 2.75) is 19.4 Å². The van der Waals surface area contributed by atoms with Crippen LogP contribution < -0.4 is 5.73 Å². The summed E-state index contributed by atoms with van der Waals surface area (Å²) in [4.78, 5) is 4.47. The summed E-state index contributed by atoms with van der Waals surface area (Å²) in [7, 11) is 0. The summed E-state index contributed by atoms with van der Waals surface area (Å²) in [5.41, 5.74) is 9.82. The van der Waals surface area contributed by atoms with Crippen LogP contribution in [-0.2, 0) is 6.42 Å². The first kappa shape index (κ1) is 13.7. The predicted molar refractivity (Wildman–Crippen MR) is 83.5 cm³/mol. The maximum atomic E-state index is 13.7. The lowest BCUT2D eigenvalue weighted by Crippen LogP contribution is -2.14. The third kappa shape index (κ3) is 2.93. The number of hydrogen-bond donors (Lipinski definition) is 1. The van der Waals surface area contributed by atoms with Crippen LogP contribution in [0.2, 0.25) is 0 Å². The molecule has 0 spiro atoms. The van der Waals surface area contributed by atoms with E-state index in [1.165, 1.54) is 6.07 Å². The van der Waals surface area contributed by atoms with Gasteiger partial charge in [-0.2, -0.15) is 0 Å². The molecular formula is C18H17FN2. The Morgan fingerprint density at radius 1 is 1.10 bits per heavy atom. The Morgan fingerprint density at radius 3 is 2.71 bits per heavy atom. The molecule has 1 aromatic heterocycles. The van der Waals surface area contributed by atoms with Crippen LogP contribution in [0, 0.1) is 12.7 Å². The molecule has 0 aliphatic carbocycles. The van der Waals surface area contributed by atoms with Gasteiger partial charge >= 0.3 is 0 Å². The van der Waals surface area contributed by atoms with E-state index in [9.17, 15) is 4.39 Å². The topological polar surface area (TPSA) is 38.9 Å². The van der Waals surface area contributed by atoms with Crippen LogP contribution in [0.15, 0.2) is 54.6 Å². The molecule has 106 valence electrons. The first-order valence-electron chi connectivity index (χ1n) is 7.00. The molecule has 1 heterocycles. The van der Waals surface area contributed by atoms with E-state index in [0.29, 0.717) is 12.0 Å². The second-order valence-electron chi connectivity index (χ2n) is 5.31. The largest absolute Gasteiger partial charge is 0.324 e. The summed E-state index contributed by atoms with van der Waals surface area (Å²) in [6, 6.07) is 16.5. The number of aryl methyl sites for hydroxylation is 1. The highest BCUT2D eigenvalue weighted by atomic mass is 19.1. The van der Waals surface area contributed by atoms with Crippen LogP contribution >= 0.6 is 0 Å². The zero-order valence-corrected chi connectivity index (χ0v) is 11.9. The number of hydrogen-bond acceptors (Lipinski definition) is 2. The number of fused-ring (bicyclic) bond motifs is 1. The molecule has 3 heteroatoms.